The molecule has 8 heteroatoms. The standard InChI is InChI=1S/C22H28N4O4/c1-24(2)12-5-15-30-19-9-7-18(8-10-19)23-22(27)17-6-11-20(21(16-17)26(28)29)25-13-3-4-14-25/h6-11,16H,3-5,12-15H2,1-2H3,(H,23,27). The van der Waals surface area contributed by atoms with E-state index in [2.05, 4.69) is 10.2 Å². The number of nitro groups is 1. The zero-order chi connectivity index (χ0) is 21.5. The molecule has 0 bridgehead atoms. The minimum Gasteiger partial charge on any atom is -0.494 e. The zero-order valence-electron chi connectivity index (χ0n) is 17.5. The van der Waals surface area contributed by atoms with Gasteiger partial charge in [0.15, 0.2) is 0 Å². The fraction of sp³-hybridized carbons (Fsp3) is 0.409. The van der Waals surface area contributed by atoms with Crippen molar-refractivity contribution >= 4 is 23.0 Å². The SMILES string of the molecule is CN(C)CCCOc1ccc(NC(=O)c2ccc(N3CCCC3)c([N+](=O)[O-])c2)cc1. The zero-order valence-corrected chi connectivity index (χ0v) is 17.5. The van der Waals surface area contributed by atoms with Crippen molar-refractivity contribution in [3.63, 3.8) is 0 Å². The van der Waals surface area contributed by atoms with Gasteiger partial charge < -0.3 is 19.9 Å². The predicted molar refractivity (Wildman–Crippen MR) is 118 cm³/mol. The number of nitro benzene ring substituents is 1. The van der Waals surface area contributed by atoms with Crippen LogP contribution in [0.4, 0.5) is 17.1 Å². The van der Waals surface area contributed by atoms with Gasteiger partial charge >= 0.3 is 0 Å². The van der Waals surface area contributed by atoms with Crippen LogP contribution < -0.4 is 15.0 Å². The number of hydrogen-bond acceptors (Lipinski definition) is 6. The van der Waals surface area contributed by atoms with Gasteiger partial charge in [-0.3, -0.25) is 14.9 Å². The van der Waals surface area contributed by atoms with Crippen LogP contribution in [0.3, 0.4) is 0 Å². The van der Waals surface area contributed by atoms with Gasteiger partial charge in [-0.25, -0.2) is 0 Å². The normalized spacial score (nSPS) is 13.5. The van der Waals surface area contributed by atoms with Gasteiger partial charge in [-0.1, -0.05) is 0 Å². The van der Waals surface area contributed by atoms with Crippen LogP contribution in [-0.4, -0.2) is 56.1 Å². The van der Waals surface area contributed by atoms with Gasteiger partial charge in [0, 0.05) is 37.0 Å². The van der Waals surface area contributed by atoms with Crippen LogP contribution >= 0.6 is 0 Å². The van der Waals surface area contributed by atoms with E-state index in [9.17, 15) is 14.9 Å². The minimum atomic E-state index is -0.424. The first-order chi connectivity index (χ1) is 14.4. The van der Waals surface area contributed by atoms with E-state index in [1.54, 1.807) is 36.4 Å². The maximum Gasteiger partial charge on any atom is 0.293 e. The molecular formula is C22H28N4O4. The van der Waals surface area contributed by atoms with E-state index in [4.69, 9.17) is 4.74 Å². The summed E-state index contributed by atoms with van der Waals surface area (Å²) in [5.41, 5.74) is 1.40. The van der Waals surface area contributed by atoms with Crippen molar-refractivity contribution in [3.8, 4) is 5.75 Å². The number of carbonyl (C=O) groups is 1. The molecule has 30 heavy (non-hydrogen) atoms. The van der Waals surface area contributed by atoms with Gasteiger partial charge in [0.1, 0.15) is 11.4 Å². The topological polar surface area (TPSA) is 88.0 Å². The molecule has 0 spiro atoms. The molecule has 0 saturated carbocycles. The van der Waals surface area contributed by atoms with Crippen molar-refractivity contribution in [2.75, 3.05) is 50.6 Å². The Balaban J connectivity index is 1.62. The van der Waals surface area contributed by atoms with E-state index >= 15 is 0 Å². The van der Waals surface area contributed by atoms with E-state index in [1.807, 2.05) is 19.0 Å². The van der Waals surface area contributed by atoms with Crippen LogP contribution in [0.25, 0.3) is 0 Å². The molecule has 1 aliphatic heterocycles. The summed E-state index contributed by atoms with van der Waals surface area (Å²) in [6.07, 6.45) is 2.97. The van der Waals surface area contributed by atoms with Crippen LogP contribution in [0.5, 0.6) is 5.75 Å². The van der Waals surface area contributed by atoms with Gasteiger partial charge in [-0.2, -0.15) is 0 Å². The number of nitrogens with zero attached hydrogens (tertiary/aromatic N) is 3. The molecule has 0 atom stereocenters. The molecule has 1 heterocycles. The summed E-state index contributed by atoms with van der Waals surface area (Å²) in [5.74, 6) is 0.350. The number of rotatable bonds is 9. The number of hydrogen-bond donors (Lipinski definition) is 1. The van der Waals surface area contributed by atoms with Gasteiger partial charge in [-0.05, 0) is 69.8 Å². The predicted octanol–water partition coefficient (Wildman–Crippen LogP) is 3.78. The molecule has 0 aromatic heterocycles. The lowest BCUT2D eigenvalue weighted by Gasteiger charge is -2.17. The molecular weight excluding hydrogens is 384 g/mol. The van der Waals surface area contributed by atoms with Crippen LogP contribution in [0.1, 0.15) is 29.6 Å². The summed E-state index contributed by atoms with van der Waals surface area (Å²) < 4.78 is 5.69. The Morgan fingerprint density at radius 3 is 2.50 bits per heavy atom. The number of ether oxygens (including phenoxy) is 1. The highest BCUT2D eigenvalue weighted by Gasteiger charge is 2.23. The van der Waals surface area contributed by atoms with Crippen LogP contribution in [0.2, 0.25) is 0 Å². The summed E-state index contributed by atoms with van der Waals surface area (Å²) in [5, 5.41) is 14.3. The molecule has 0 radical (unpaired) electrons. The molecule has 160 valence electrons. The lowest BCUT2D eigenvalue weighted by molar-refractivity contribution is -0.384. The summed E-state index contributed by atoms with van der Waals surface area (Å²) in [7, 11) is 4.04. The van der Waals surface area contributed by atoms with E-state index in [1.165, 1.54) is 6.07 Å². The summed E-state index contributed by atoms with van der Waals surface area (Å²) >= 11 is 0. The van der Waals surface area contributed by atoms with Gasteiger partial charge in [0.2, 0.25) is 0 Å². The number of benzene rings is 2. The molecule has 0 aliphatic carbocycles. The highest BCUT2D eigenvalue weighted by molar-refractivity contribution is 6.05. The molecule has 2 aromatic carbocycles. The van der Waals surface area contributed by atoms with Crippen molar-refractivity contribution in [1.82, 2.24) is 4.90 Å². The Hall–Kier alpha value is -3.13. The maximum absolute atomic E-state index is 12.6. The molecule has 1 aliphatic rings. The Bertz CT molecular complexity index is 877. The van der Waals surface area contributed by atoms with Crippen LogP contribution in [0.15, 0.2) is 42.5 Å². The first-order valence-corrected chi connectivity index (χ1v) is 10.2. The molecule has 8 nitrogen and oxygen atoms in total. The second-order valence-electron chi connectivity index (χ2n) is 7.64. The number of carbonyl (C=O) groups excluding carboxylic acids is 1. The average molecular weight is 412 g/mol. The lowest BCUT2D eigenvalue weighted by Crippen LogP contribution is -2.19. The van der Waals surface area contributed by atoms with Crippen molar-refractivity contribution < 1.29 is 14.5 Å². The molecule has 3 rings (SSSR count). The Kier molecular flexibility index (Phi) is 7.24. The van der Waals surface area contributed by atoms with Crippen molar-refractivity contribution in [2.45, 2.75) is 19.3 Å². The largest absolute Gasteiger partial charge is 0.494 e. The molecule has 1 N–H and O–H groups in total. The number of amides is 1. The van der Waals surface area contributed by atoms with Crippen LogP contribution in [0, 0.1) is 10.1 Å². The number of anilines is 2. The summed E-state index contributed by atoms with van der Waals surface area (Å²) in [4.78, 5) is 27.8. The van der Waals surface area contributed by atoms with E-state index in [0.717, 1.165) is 44.6 Å². The molecule has 1 amide bonds. The molecule has 1 fully saturated rings. The summed E-state index contributed by atoms with van der Waals surface area (Å²) in [6, 6.07) is 11.8. The highest BCUT2D eigenvalue weighted by atomic mass is 16.6. The van der Waals surface area contributed by atoms with Crippen LogP contribution in [-0.2, 0) is 0 Å². The van der Waals surface area contributed by atoms with E-state index in [0.29, 0.717) is 18.0 Å². The Labute approximate surface area is 176 Å². The maximum atomic E-state index is 12.6. The average Bonchev–Trinajstić information content (AvgIpc) is 3.26. The third-order valence-corrected chi connectivity index (χ3v) is 5.01. The molecule has 1 saturated heterocycles. The minimum absolute atomic E-state index is 0.0361. The van der Waals surface area contributed by atoms with Crippen molar-refractivity contribution in [2.24, 2.45) is 0 Å². The fourth-order valence-electron chi connectivity index (χ4n) is 3.44. The second kappa shape index (κ2) is 10.1. The second-order valence-corrected chi connectivity index (χ2v) is 7.64. The summed E-state index contributed by atoms with van der Waals surface area (Å²) in [6.45, 7) is 3.18. The monoisotopic (exact) mass is 412 g/mol. The first kappa shape index (κ1) is 21.6. The Morgan fingerprint density at radius 1 is 1.17 bits per heavy atom. The lowest BCUT2D eigenvalue weighted by atomic mass is 10.1. The Morgan fingerprint density at radius 2 is 1.87 bits per heavy atom. The molecule has 0 unspecified atom stereocenters. The van der Waals surface area contributed by atoms with E-state index < -0.39 is 4.92 Å². The van der Waals surface area contributed by atoms with Gasteiger partial charge in [0.05, 0.1) is 11.5 Å². The smallest absolute Gasteiger partial charge is 0.293 e. The third kappa shape index (κ3) is 5.70. The fourth-order valence-corrected chi connectivity index (χ4v) is 3.44. The molecule has 2 aromatic rings. The van der Waals surface area contributed by atoms with Crippen molar-refractivity contribution in [1.29, 1.82) is 0 Å². The first-order valence-electron chi connectivity index (χ1n) is 10.2. The quantitative estimate of drug-likeness (QED) is 0.383. The number of nitrogens with one attached hydrogen (secondary N) is 1. The van der Waals surface area contributed by atoms with Gasteiger partial charge in [0.25, 0.3) is 11.6 Å². The van der Waals surface area contributed by atoms with Crippen molar-refractivity contribution in [3.05, 3.63) is 58.1 Å². The van der Waals surface area contributed by atoms with E-state index in [-0.39, 0.29) is 17.2 Å². The highest BCUT2D eigenvalue weighted by Crippen LogP contribution is 2.32. The third-order valence-electron chi connectivity index (χ3n) is 5.01. The van der Waals surface area contributed by atoms with Gasteiger partial charge in [-0.15, -0.1) is 0 Å².